The molecule has 168 valence electrons. The van der Waals surface area contributed by atoms with Crippen LogP contribution >= 0.6 is 11.3 Å². The zero-order valence-corrected chi connectivity index (χ0v) is 19.1. The van der Waals surface area contributed by atoms with Crippen LogP contribution < -0.4 is 5.32 Å². The van der Waals surface area contributed by atoms with E-state index < -0.39 is 28.5 Å². The van der Waals surface area contributed by atoms with E-state index in [9.17, 15) is 18.0 Å². The molecule has 0 atom stereocenters. The summed E-state index contributed by atoms with van der Waals surface area (Å²) in [6.07, 6.45) is 2.70. The summed E-state index contributed by atoms with van der Waals surface area (Å²) in [5, 5.41) is 4.78. The Hall–Kier alpha value is -2.75. The number of esters is 1. The predicted molar refractivity (Wildman–Crippen MR) is 124 cm³/mol. The number of ether oxygens (including phenoxy) is 1. The van der Waals surface area contributed by atoms with Crippen LogP contribution in [0.3, 0.4) is 0 Å². The number of sulfonamides is 1. The van der Waals surface area contributed by atoms with E-state index >= 15 is 0 Å². The van der Waals surface area contributed by atoms with Gasteiger partial charge < -0.3 is 10.1 Å². The summed E-state index contributed by atoms with van der Waals surface area (Å²) in [6.45, 7) is 0.657. The summed E-state index contributed by atoms with van der Waals surface area (Å²) in [6, 6.07) is 16.5. The van der Waals surface area contributed by atoms with E-state index in [1.807, 2.05) is 36.4 Å². The number of anilines is 1. The lowest BCUT2D eigenvalue weighted by molar-refractivity contribution is -0.146. The van der Waals surface area contributed by atoms with Gasteiger partial charge in [-0.1, -0.05) is 36.8 Å². The van der Waals surface area contributed by atoms with Crippen LogP contribution in [0.5, 0.6) is 0 Å². The summed E-state index contributed by atoms with van der Waals surface area (Å²) >= 11 is 1.07. The Labute approximate surface area is 191 Å². The fourth-order valence-corrected chi connectivity index (χ4v) is 6.64. The smallest absolute Gasteiger partial charge is 0.311 e. The third-order valence-electron chi connectivity index (χ3n) is 5.26. The number of benzene rings is 2. The first-order valence-corrected chi connectivity index (χ1v) is 12.7. The molecule has 1 aliphatic rings. The first-order valence-electron chi connectivity index (χ1n) is 10.4. The average molecular weight is 473 g/mol. The molecular formula is C23H24N2O5S2. The molecule has 0 unspecified atom stereocenters. The molecule has 9 heteroatoms. The maximum Gasteiger partial charge on any atom is 0.311 e. The Bertz CT molecular complexity index is 1230. The van der Waals surface area contributed by atoms with E-state index in [-0.39, 0.29) is 10.6 Å². The highest BCUT2D eigenvalue weighted by Crippen LogP contribution is 2.27. The van der Waals surface area contributed by atoms with Crippen LogP contribution in [-0.2, 0) is 30.8 Å². The summed E-state index contributed by atoms with van der Waals surface area (Å²) in [5.41, 5.74) is 0.621. The number of thiophene rings is 1. The van der Waals surface area contributed by atoms with Crippen molar-refractivity contribution in [1.29, 1.82) is 0 Å². The molecule has 1 aliphatic heterocycles. The lowest BCUT2D eigenvalue weighted by atomic mass is 10.1. The molecule has 0 bridgehead atoms. The van der Waals surface area contributed by atoms with Crippen molar-refractivity contribution in [1.82, 2.24) is 4.31 Å². The zero-order valence-electron chi connectivity index (χ0n) is 17.5. The molecule has 7 nitrogen and oxygen atoms in total. The van der Waals surface area contributed by atoms with Gasteiger partial charge in [-0.2, -0.15) is 4.31 Å². The Morgan fingerprint density at radius 1 is 0.969 bits per heavy atom. The van der Waals surface area contributed by atoms with E-state index in [0.717, 1.165) is 41.4 Å². The van der Waals surface area contributed by atoms with Gasteiger partial charge in [0, 0.05) is 23.7 Å². The topological polar surface area (TPSA) is 92.8 Å². The van der Waals surface area contributed by atoms with Gasteiger partial charge in [-0.3, -0.25) is 9.59 Å². The Kier molecular flexibility index (Phi) is 6.88. The number of nitrogens with one attached hydrogen (secondary N) is 1. The van der Waals surface area contributed by atoms with Crippen LogP contribution in [0.1, 0.15) is 24.1 Å². The van der Waals surface area contributed by atoms with Gasteiger partial charge in [0.25, 0.3) is 15.9 Å². The van der Waals surface area contributed by atoms with Crippen LogP contribution in [0.2, 0.25) is 0 Å². The number of piperidine rings is 1. The first kappa shape index (κ1) is 22.4. The predicted octanol–water partition coefficient (Wildman–Crippen LogP) is 3.80. The Morgan fingerprint density at radius 3 is 2.50 bits per heavy atom. The maximum absolute atomic E-state index is 12.7. The second-order valence-corrected chi connectivity index (χ2v) is 11.0. The highest BCUT2D eigenvalue weighted by atomic mass is 32.2. The fourth-order valence-electron chi connectivity index (χ4n) is 3.63. The van der Waals surface area contributed by atoms with Crippen LogP contribution in [0.15, 0.2) is 58.8 Å². The van der Waals surface area contributed by atoms with Crippen LogP contribution in [0, 0.1) is 0 Å². The summed E-state index contributed by atoms with van der Waals surface area (Å²) in [4.78, 5) is 24.9. The molecule has 3 aromatic rings. The summed E-state index contributed by atoms with van der Waals surface area (Å²) < 4.78 is 32.3. The highest BCUT2D eigenvalue weighted by Gasteiger charge is 2.27. The minimum atomic E-state index is -3.52. The number of amides is 1. The van der Waals surface area contributed by atoms with Crippen LogP contribution in [0.25, 0.3) is 10.8 Å². The normalized spacial score (nSPS) is 14.9. The van der Waals surface area contributed by atoms with Crippen molar-refractivity contribution in [2.24, 2.45) is 0 Å². The number of carbonyl (C=O) groups is 2. The zero-order chi connectivity index (χ0) is 22.6. The average Bonchev–Trinajstić information content (AvgIpc) is 3.27. The van der Waals surface area contributed by atoms with Crippen molar-refractivity contribution in [3.05, 3.63) is 59.5 Å². The van der Waals surface area contributed by atoms with Gasteiger partial charge in [0.1, 0.15) is 4.21 Å². The van der Waals surface area contributed by atoms with E-state index in [0.29, 0.717) is 23.7 Å². The molecule has 0 spiro atoms. The van der Waals surface area contributed by atoms with Crippen molar-refractivity contribution in [3.63, 3.8) is 0 Å². The molecule has 4 rings (SSSR count). The fraction of sp³-hybridized carbons (Fsp3) is 0.304. The highest BCUT2D eigenvalue weighted by molar-refractivity contribution is 7.91. The van der Waals surface area contributed by atoms with E-state index in [1.54, 1.807) is 12.1 Å². The van der Waals surface area contributed by atoms with Crippen molar-refractivity contribution in [3.8, 4) is 0 Å². The molecule has 2 heterocycles. The molecule has 0 aliphatic carbocycles. The van der Waals surface area contributed by atoms with Gasteiger partial charge in [0.2, 0.25) is 0 Å². The third-order valence-corrected chi connectivity index (χ3v) is 8.71. The van der Waals surface area contributed by atoms with Crippen LogP contribution in [0.4, 0.5) is 5.69 Å². The second-order valence-electron chi connectivity index (χ2n) is 7.63. The lowest BCUT2D eigenvalue weighted by Gasteiger charge is -2.25. The van der Waals surface area contributed by atoms with Crippen molar-refractivity contribution >= 4 is 49.7 Å². The molecule has 1 saturated heterocycles. The standard InChI is InChI=1S/C23H24N2O5S2/c26-21(24-19-9-8-17-6-2-3-7-18(17)14-19)16-30-22(27)15-20-10-11-23(31-20)32(28,29)25-12-4-1-5-13-25/h2-3,6-11,14H,1,4-5,12-13,15-16H2,(H,24,26). The number of fused-ring (bicyclic) bond motifs is 1. The van der Waals surface area contributed by atoms with Crippen molar-refractivity contribution < 1.29 is 22.7 Å². The van der Waals surface area contributed by atoms with Gasteiger partial charge in [-0.15, -0.1) is 11.3 Å². The lowest BCUT2D eigenvalue weighted by Crippen LogP contribution is -2.35. The van der Waals surface area contributed by atoms with Gasteiger partial charge >= 0.3 is 5.97 Å². The van der Waals surface area contributed by atoms with Crippen molar-refractivity contribution in [2.75, 3.05) is 25.0 Å². The van der Waals surface area contributed by atoms with Gasteiger partial charge in [-0.25, -0.2) is 8.42 Å². The summed E-state index contributed by atoms with van der Waals surface area (Å²) in [7, 11) is -3.52. The van der Waals surface area contributed by atoms with Crippen LogP contribution in [-0.4, -0.2) is 44.3 Å². The molecule has 2 aromatic carbocycles. The number of carbonyl (C=O) groups excluding carboxylic acids is 2. The molecule has 32 heavy (non-hydrogen) atoms. The largest absolute Gasteiger partial charge is 0.455 e. The molecule has 0 radical (unpaired) electrons. The third kappa shape index (κ3) is 5.35. The number of rotatable bonds is 7. The summed E-state index contributed by atoms with van der Waals surface area (Å²) in [5.74, 6) is -1.02. The Morgan fingerprint density at radius 2 is 1.72 bits per heavy atom. The molecular weight excluding hydrogens is 448 g/mol. The number of hydrogen-bond acceptors (Lipinski definition) is 6. The van der Waals surface area contributed by atoms with Crippen molar-refractivity contribution in [2.45, 2.75) is 29.9 Å². The first-order chi connectivity index (χ1) is 15.4. The molecule has 0 saturated carbocycles. The number of hydrogen-bond donors (Lipinski definition) is 1. The van der Waals surface area contributed by atoms with Gasteiger partial charge in [-0.05, 0) is 47.9 Å². The Balaban J connectivity index is 1.28. The minimum Gasteiger partial charge on any atom is -0.455 e. The maximum atomic E-state index is 12.7. The monoisotopic (exact) mass is 472 g/mol. The van der Waals surface area contributed by atoms with E-state index in [1.165, 1.54) is 10.4 Å². The minimum absolute atomic E-state index is 0.0799. The van der Waals surface area contributed by atoms with Gasteiger partial charge in [0.15, 0.2) is 6.61 Å². The quantitative estimate of drug-likeness (QED) is 0.528. The molecule has 1 amide bonds. The molecule has 1 aromatic heterocycles. The molecule has 1 N–H and O–H groups in total. The van der Waals surface area contributed by atoms with E-state index in [2.05, 4.69) is 5.32 Å². The second kappa shape index (κ2) is 9.81. The molecule has 1 fully saturated rings. The van der Waals surface area contributed by atoms with E-state index in [4.69, 9.17) is 4.74 Å². The SMILES string of the molecule is O=C(COC(=O)Cc1ccc(S(=O)(=O)N2CCCCC2)s1)Nc1ccc2ccccc2c1. The van der Waals surface area contributed by atoms with Gasteiger partial charge in [0.05, 0.1) is 6.42 Å². The number of nitrogens with zero attached hydrogens (tertiary/aromatic N) is 1.